The number of ether oxygens (including phenoxy) is 2. The largest absolute Gasteiger partial charge is 0.391 e. The van der Waals surface area contributed by atoms with Gasteiger partial charge in [-0.2, -0.15) is 0 Å². The number of carbonyl (C=O) groups excluding carboxylic acids is 4. The lowest BCUT2D eigenvalue weighted by molar-refractivity contribution is -0.166. The van der Waals surface area contributed by atoms with Crippen LogP contribution in [0.1, 0.15) is 45.2 Å². The average Bonchev–Trinajstić information content (AvgIpc) is 2.98. The molecule has 0 bridgehead atoms. The summed E-state index contributed by atoms with van der Waals surface area (Å²) in [6, 6.07) is 25.1. The van der Waals surface area contributed by atoms with Crippen molar-refractivity contribution >= 4 is 23.9 Å². The van der Waals surface area contributed by atoms with Crippen LogP contribution in [0, 0.1) is 0 Å². The Balaban J connectivity index is 0.000000268. The molecule has 0 aromatic heterocycles. The van der Waals surface area contributed by atoms with Gasteiger partial charge in [-0.15, -0.1) is 0 Å². The minimum atomic E-state index is -2.40. The first-order valence-electron chi connectivity index (χ1n) is 12.2. The van der Waals surface area contributed by atoms with E-state index in [4.69, 9.17) is 0 Å². The van der Waals surface area contributed by atoms with Gasteiger partial charge in [-0.3, -0.25) is 0 Å². The summed E-state index contributed by atoms with van der Waals surface area (Å²) in [5.41, 5.74) is 1.25. The van der Waals surface area contributed by atoms with Crippen molar-refractivity contribution in [1.82, 2.24) is 5.32 Å². The zero-order valence-corrected chi connectivity index (χ0v) is 20.9. The van der Waals surface area contributed by atoms with Crippen LogP contribution in [0.3, 0.4) is 0 Å². The number of hydrogen-bond acceptors (Lipinski definition) is 10. The van der Waals surface area contributed by atoms with Gasteiger partial charge in [-0.1, -0.05) is 66.7 Å². The van der Waals surface area contributed by atoms with E-state index in [2.05, 4.69) is 26.9 Å². The Hall–Kier alpha value is -4.22. The number of esters is 4. The molecule has 4 N–H and O–H groups in total. The van der Waals surface area contributed by atoms with Crippen molar-refractivity contribution in [3.63, 3.8) is 0 Å². The number of aliphatic hydroxyl groups excluding tert-OH is 3. The van der Waals surface area contributed by atoms with Gasteiger partial charge in [-0.05, 0) is 49.2 Å². The molecule has 1 heterocycles. The van der Waals surface area contributed by atoms with E-state index in [9.17, 15) is 34.5 Å². The Kier molecular flexibility index (Phi) is 11.0. The molecular weight excluding hydrogens is 506 g/mol. The van der Waals surface area contributed by atoms with Crippen molar-refractivity contribution in [1.29, 1.82) is 0 Å². The number of benzene rings is 3. The zero-order valence-electron chi connectivity index (χ0n) is 20.9. The predicted octanol–water partition coefficient (Wildman–Crippen LogP) is 1.95. The summed E-state index contributed by atoms with van der Waals surface area (Å²) in [7, 11) is 0. The number of carbonyl (C=O) groups is 4. The van der Waals surface area contributed by atoms with Crippen LogP contribution in [0.15, 0.2) is 91.0 Å². The molecule has 0 saturated carbocycles. The monoisotopic (exact) mass is 535 g/mol. The second kappa shape index (κ2) is 14.6. The molecule has 4 atom stereocenters. The third-order valence-corrected chi connectivity index (χ3v) is 5.77. The summed E-state index contributed by atoms with van der Waals surface area (Å²) < 4.78 is 8.76. The molecule has 1 fully saturated rings. The molecule has 10 nitrogen and oxygen atoms in total. The Morgan fingerprint density at radius 1 is 0.692 bits per heavy atom. The highest BCUT2D eigenvalue weighted by Crippen LogP contribution is 2.22. The number of nitrogens with one attached hydrogen (secondary N) is 1. The van der Waals surface area contributed by atoms with Gasteiger partial charge < -0.3 is 30.1 Å². The molecule has 1 saturated heterocycles. The fourth-order valence-electron chi connectivity index (χ4n) is 3.70. The van der Waals surface area contributed by atoms with E-state index in [-0.39, 0.29) is 23.3 Å². The molecule has 3 aromatic carbocycles. The molecule has 39 heavy (non-hydrogen) atoms. The third kappa shape index (κ3) is 8.66. The van der Waals surface area contributed by atoms with Gasteiger partial charge in [-0.25, -0.2) is 19.2 Å². The molecule has 204 valence electrons. The highest BCUT2D eigenvalue weighted by molar-refractivity contribution is 6.01. The molecule has 0 spiro atoms. The number of piperidine rings is 1. The molecule has 0 radical (unpaired) electrons. The van der Waals surface area contributed by atoms with E-state index in [1.165, 1.54) is 54.1 Å². The van der Waals surface area contributed by atoms with Crippen molar-refractivity contribution in [3.8, 4) is 0 Å². The highest BCUT2D eigenvalue weighted by atomic mass is 16.6. The normalized spacial score (nSPS) is 17.9. The quantitative estimate of drug-likeness (QED) is 0.271. The number of rotatable bonds is 6. The lowest BCUT2D eigenvalue weighted by Crippen LogP contribution is -2.43. The zero-order chi connectivity index (χ0) is 28.2. The van der Waals surface area contributed by atoms with Gasteiger partial charge in [0, 0.05) is 0 Å². The summed E-state index contributed by atoms with van der Waals surface area (Å²) in [6.07, 6.45) is -3.05. The molecule has 0 amide bonds. The fraction of sp³-hybridized carbons (Fsp3) is 0.241. The lowest BCUT2D eigenvalue weighted by atomic mass is 9.95. The Morgan fingerprint density at radius 3 is 1.51 bits per heavy atom. The van der Waals surface area contributed by atoms with Crippen LogP contribution in [0.2, 0.25) is 0 Å². The third-order valence-electron chi connectivity index (χ3n) is 5.77. The van der Waals surface area contributed by atoms with Crippen molar-refractivity contribution in [2.75, 3.05) is 6.54 Å². The Labute approximate surface area is 224 Å². The van der Waals surface area contributed by atoms with Crippen LogP contribution in [0.5, 0.6) is 0 Å². The number of aliphatic hydroxyl groups is 3. The molecule has 10 heteroatoms. The van der Waals surface area contributed by atoms with Crippen molar-refractivity contribution in [2.24, 2.45) is 0 Å². The molecule has 2 unspecified atom stereocenters. The van der Waals surface area contributed by atoms with Crippen LogP contribution in [-0.2, 0) is 19.1 Å². The summed E-state index contributed by atoms with van der Waals surface area (Å²) in [5, 5.41) is 32.4. The predicted molar refractivity (Wildman–Crippen MR) is 138 cm³/mol. The van der Waals surface area contributed by atoms with E-state index in [0.717, 1.165) is 19.4 Å². The average molecular weight is 536 g/mol. The van der Waals surface area contributed by atoms with Gasteiger partial charge >= 0.3 is 23.9 Å². The van der Waals surface area contributed by atoms with Gasteiger partial charge in [0.1, 0.15) is 0 Å². The van der Waals surface area contributed by atoms with Gasteiger partial charge in [0.15, 0.2) is 12.2 Å². The van der Waals surface area contributed by atoms with Gasteiger partial charge in [0.2, 0.25) is 0 Å². The first-order valence-corrected chi connectivity index (χ1v) is 12.2. The summed E-state index contributed by atoms with van der Waals surface area (Å²) >= 11 is 0. The van der Waals surface area contributed by atoms with Crippen LogP contribution < -0.4 is 5.32 Å². The summed E-state index contributed by atoms with van der Waals surface area (Å²) in [5.74, 6) is -5.27. The minimum Gasteiger partial charge on any atom is -0.391 e. The number of hydrogen-bond donors (Lipinski definition) is 4. The smallest absolute Gasteiger partial charge is 0.346 e. The molecule has 3 aromatic rings. The standard InChI is InChI=1S/C18H14O8.C11H15NO/c19-13(17(23)25-15(21)11-7-3-1-4-8-11)14(20)18(24)26-16(22)12-9-5-2-6-10-12;13-10-7-4-8-12-11(10)9-5-2-1-3-6-9/h1-10,13-14,19-20H;1-3,5-6,10-13H,4,7-8H2/t;10-,11-/m.0/s1. The maximum absolute atomic E-state index is 11.7. The van der Waals surface area contributed by atoms with Crippen LogP contribution in [-0.4, -0.2) is 64.1 Å². The first kappa shape index (κ1) is 29.3. The van der Waals surface area contributed by atoms with E-state index >= 15 is 0 Å². The topological polar surface area (TPSA) is 159 Å². The fourth-order valence-corrected chi connectivity index (χ4v) is 3.70. The molecule has 1 aliphatic heterocycles. The van der Waals surface area contributed by atoms with E-state index in [1.807, 2.05) is 18.2 Å². The molecule has 0 aliphatic carbocycles. The van der Waals surface area contributed by atoms with E-state index in [0.29, 0.717) is 0 Å². The molecule has 1 aliphatic rings. The summed E-state index contributed by atoms with van der Waals surface area (Å²) in [6.45, 7) is 1.01. The molecular formula is C29H29NO9. The van der Waals surface area contributed by atoms with Gasteiger partial charge in [0.05, 0.1) is 23.3 Å². The van der Waals surface area contributed by atoms with E-state index in [1.54, 1.807) is 12.1 Å². The minimum absolute atomic E-state index is 0.0318. The van der Waals surface area contributed by atoms with Crippen LogP contribution in [0.25, 0.3) is 0 Å². The van der Waals surface area contributed by atoms with Crippen molar-refractivity contribution in [3.05, 3.63) is 108 Å². The first-order chi connectivity index (χ1) is 18.8. The maximum Gasteiger partial charge on any atom is 0.346 e. The van der Waals surface area contributed by atoms with Crippen molar-refractivity contribution in [2.45, 2.75) is 37.2 Å². The van der Waals surface area contributed by atoms with E-state index < -0.39 is 36.1 Å². The second-order valence-corrected chi connectivity index (χ2v) is 8.59. The SMILES string of the molecule is O=C(OC(=O)C(O)C(O)C(=O)OC(=O)c1ccccc1)c1ccccc1.O[C@H]1CCCN[C@H]1c1ccccc1. The summed E-state index contributed by atoms with van der Waals surface area (Å²) in [4.78, 5) is 46.8. The van der Waals surface area contributed by atoms with Crippen LogP contribution in [0.4, 0.5) is 0 Å². The lowest BCUT2D eigenvalue weighted by Gasteiger charge is -2.29. The van der Waals surface area contributed by atoms with Crippen molar-refractivity contribution < 1.29 is 44.0 Å². The van der Waals surface area contributed by atoms with Crippen LogP contribution >= 0.6 is 0 Å². The second-order valence-electron chi connectivity index (χ2n) is 8.59. The highest BCUT2D eigenvalue weighted by Gasteiger charge is 2.35. The Morgan fingerprint density at radius 2 is 1.10 bits per heavy atom. The Bertz CT molecular complexity index is 1170. The van der Waals surface area contributed by atoms with Gasteiger partial charge in [0.25, 0.3) is 0 Å². The molecule has 4 rings (SSSR count). The maximum atomic E-state index is 11.7.